The Hall–Kier alpha value is -5.67. The summed E-state index contributed by atoms with van der Waals surface area (Å²) in [5.74, 6) is 1.44. The molecular weight excluding hydrogens is 1010 g/mol. The first-order valence-corrected chi connectivity index (χ1v) is 30.0. The largest absolute Gasteiger partial charge is 0.356 e. The van der Waals surface area contributed by atoms with E-state index in [1.807, 2.05) is 85.9 Å². The number of anilines is 3. The lowest BCUT2D eigenvalue weighted by Gasteiger charge is -2.25. The van der Waals surface area contributed by atoms with E-state index >= 15 is 0 Å². The zero-order valence-corrected chi connectivity index (χ0v) is 46.6. The molecule has 7 unspecified atom stereocenters. The van der Waals surface area contributed by atoms with Crippen molar-refractivity contribution in [3.8, 4) is 0 Å². The highest BCUT2D eigenvalue weighted by molar-refractivity contribution is 8.00. The smallest absolute Gasteiger partial charge is 0.251 e. The third-order valence-corrected chi connectivity index (χ3v) is 17.8. The molecule has 12 N–H and O–H groups in total. The van der Waals surface area contributed by atoms with Crippen LogP contribution < -0.4 is 58.5 Å². The number of carbonyl (C=O) groups excluding carboxylic acids is 6. The average Bonchev–Trinajstić information content (AvgIpc) is 4.18. The molecule has 4 aliphatic heterocycles. The summed E-state index contributed by atoms with van der Waals surface area (Å²) in [5.41, 5.74) is 10.8. The van der Waals surface area contributed by atoms with Crippen molar-refractivity contribution >= 4 is 82.0 Å². The van der Waals surface area contributed by atoms with Crippen LogP contribution in [0.5, 0.6) is 0 Å². The van der Waals surface area contributed by atoms with Crippen LogP contribution in [-0.4, -0.2) is 113 Å². The molecule has 3 aromatic carbocycles. The number of nitrogens with zero attached hydrogens (tertiary/aromatic N) is 1. The van der Waals surface area contributed by atoms with Gasteiger partial charge in [0.15, 0.2) is 5.96 Å². The fraction of sp³-hybridized carbons (Fsp3) is 0.561. The lowest BCUT2D eigenvalue weighted by atomic mass is 10.0. The first-order valence-electron chi connectivity index (χ1n) is 27.9. The number of unbranched alkanes of at least 4 members (excludes halogenated alkanes) is 6. The molecule has 0 saturated carbocycles. The molecule has 0 aromatic heterocycles. The van der Waals surface area contributed by atoms with E-state index < -0.39 is 5.91 Å². The molecule has 4 saturated heterocycles. The lowest BCUT2D eigenvalue weighted by Crippen LogP contribution is -2.43. The molecule has 0 radical (unpaired) electrons. The van der Waals surface area contributed by atoms with Gasteiger partial charge in [0, 0.05) is 108 Å². The number of aryl methyl sites for hydroxylation is 2. The normalized spacial score (nSPS) is 21.1. The number of fused-ring (bicyclic) bond motifs is 2. The SMILES string of the molecule is Cc1ccccc1CN(C(=O)CCNC(=O)c1cc(NC(=O)CCCCCNC(=O)CCCCC2SCC3NC(=N)NC32)cc(NC(=O)CCCCCNC(=O)CCCCC2SCC3NC(N)NC32)c1)c1ccccc1C. The van der Waals surface area contributed by atoms with Crippen molar-refractivity contribution in [2.75, 3.05) is 46.7 Å². The Morgan fingerprint density at radius 2 is 1.16 bits per heavy atom. The second-order valence-corrected chi connectivity index (χ2v) is 23.4. The van der Waals surface area contributed by atoms with E-state index in [-0.39, 0.29) is 67.2 Å². The molecular formula is C57H82N12O6S2. The summed E-state index contributed by atoms with van der Waals surface area (Å²) in [6.07, 6.45) is 11.2. The average molecular weight is 1100 g/mol. The minimum absolute atomic E-state index is 0.0313. The van der Waals surface area contributed by atoms with Crippen molar-refractivity contribution < 1.29 is 28.8 Å². The van der Waals surface area contributed by atoms with E-state index in [0.717, 1.165) is 98.1 Å². The van der Waals surface area contributed by atoms with E-state index in [1.54, 1.807) is 23.1 Å². The Labute approximate surface area is 463 Å². The predicted molar refractivity (Wildman–Crippen MR) is 310 cm³/mol. The number of rotatable bonds is 31. The number of thioether (sulfide) groups is 2. The maximum atomic E-state index is 13.9. The lowest BCUT2D eigenvalue weighted by molar-refractivity contribution is -0.122. The van der Waals surface area contributed by atoms with Crippen molar-refractivity contribution in [1.82, 2.24) is 37.2 Å². The van der Waals surface area contributed by atoms with E-state index in [0.29, 0.717) is 97.3 Å². The zero-order chi connectivity index (χ0) is 54.5. The Balaban J connectivity index is 0.839. The van der Waals surface area contributed by atoms with E-state index in [1.165, 1.54) is 0 Å². The Morgan fingerprint density at radius 1 is 0.597 bits per heavy atom. The van der Waals surface area contributed by atoms with Crippen molar-refractivity contribution in [3.63, 3.8) is 0 Å². The van der Waals surface area contributed by atoms with Crippen LogP contribution in [0, 0.1) is 19.3 Å². The second kappa shape index (κ2) is 30.5. The molecule has 4 fully saturated rings. The molecule has 0 bridgehead atoms. The highest BCUT2D eigenvalue weighted by Crippen LogP contribution is 2.34. The molecule has 4 aliphatic rings. The van der Waals surface area contributed by atoms with Crippen molar-refractivity contribution in [3.05, 3.63) is 89.0 Å². The minimum Gasteiger partial charge on any atom is -0.356 e. The number of hydrogen-bond donors (Lipinski definition) is 11. The molecule has 77 heavy (non-hydrogen) atoms. The predicted octanol–water partition coefficient (Wildman–Crippen LogP) is 6.28. The fourth-order valence-corrected chi connectivity index (χ4v) is 13.7. The monoisotopic (exact) mass is 1090 g/mol. The zero-order valence-electron chi connectivity index (χ0n) is 44.9. The van der Waals surface area contributed by atoms with Crippen molar-refractivity contribution in [1.29, 1.82) is 5.41 Å². The van der Waals surface area contributed by atoms with E-state index in [4.69, 9.17) is 11.1 Å². The van der Waals surface area contributed by atoms with Crippen LogP contribution in [0.3, 0.4) is 0 Å². The number of guanidine groups is 1. The molecule has 7 atom stereocenters. The van der Waals surface area contributed by atoms with Crippen molar-refractivity contribution in [2.24, 2.45) is 5.73 Å². The molecule has 418 valence electrons. The van der Waals surface area contributed by atoms with Gasteiger partial charge in [0.05, 0.1) is 18.6 Å². The summed E-state index contributed by atoms with van der Waals surface area (Å²) in [6, 6.07) is 21.9. The highest BCUT2D eigenvalue weighted by Gasteiger charge is 2.42. The standard InChI is InChI=1S/C57H82N12O6S2/c1-37-17-7-9-19-39(37)34-69(45-20-10-8-18-38(45)2)52(74)27-30-62-55(75)40-31-41(63-50(72)25-5-3-15-28-60-48(70)23-13-11-21-46-53-43(35-76-46)65-56(58)67-53)33-42(32-40)64-51(73)26-6-4-16-29-61-49(71)24-14-12-22-47-54-44(36-77-47)66-57(59)68-54/h7-10,17-20,31-33,43-44,46-47,53-54,56,65,67H,3-6,11-16,21-30,34-36,58H2,1-2H3,(H,60,70)(H,61,71)(H,62,75)(H,63,72)(H,64,73)(H3,59,66,68). The minimum atomic E-state index is -0.461. The third kappa shape index (κ3) is 18.8. The second-order valence-electron chi connectivity index (χ2n) is 20.9. The summed E-state index contributed by atoms with van der Waals surface area (Å²) in [4.78, 5) is 81.0. The fourth-order valence-electron chi connectivity index (χ4n) is 10.6. The maximum absolute atomic E-state index is 13.9. The number of carbonyl (C=O) groups is 6. The molecule has 4 heterocycles. The van der Waals surface area contributed by atoms with Crippen LogP contribution in [0.4, 0.5) is 17.1 Å². The van der Waals surface area contributed by atoms with E-state index in [2.05, 4.69) is 47.9 Å². The summed E-state index contributed by atoms with van der Waals surface area (Å²) >= 11 is 3.90. The quantitative estimate of drug-likeness (QED) is 0.0318. The van der Waals surface area contributed by atoms with Crippen LogP contribution in [0.25, 0.3) is 0 Å². The van der Waals surface area contributed by atoms with Crippen molar-refractivity contribution in [2.45, 2.75) is 171 Å². The van der Waals surface area contributed by atoms with E-state index in [9.17, 15) is 28.8 Å². The molecule has 3 aromatic rings. The van der Waals surface area contributed by atoms with Crippen LogP contribution in [0.2, 0.25) is 0 Å². The Morgan fingerprint density at radius 3 is 1.78 bits per heavy atom. The number of nitrogens with one attached hydrogen (secondary N) is 10. The Bertz CT molecular complexity index is 2500. The van der Waals surface area contributed by atoms with Gasteiger partial charge in [0.2, 0.25) is 29.5 Å². The number of para-hydroxylation sites is 1. The third-order valence-electron chi connectivity index (χ3n) is 14.8. The van der Waals surface area contributed by atoms with Gasteiger partial charge in [-0.25, -0.2) is 0 Å². The first-order chi connectivity index (χ1) is 37.3. The van der Waals surface area contributed by atoms with Gasteiger partial charge in [0.1, 0.15) is 6.29 Å². The molecule has 20 heteroatoms. The van der Waals surface area contributed by atoms with Crippen LogP contribution in [0.1, 0.15) is 136 Å². The van der Waals surface area contributed by atoms with Crippen LogP contribution in [0.15, 0.2) is 66.7 Å². The van der Waals surface area contributed by atoms with Gasteiger partial charge in [-0.2, -0.15) is 23.5 Å². The molecule has 0 spiro atoms. The molecule has 7 rings (SSSR count). The Kier molecular flexibility index (Phi) is 23.3. The number of amides is 6. The summed E-state index contributed by atoms with van der Waals surface area (Å²) in [7, 11) is 0. The number of benzene rings is 3. The van der Waals surface area contributed by atoms with Gasteiger partial charge < -0.3 is 47.9 Å². The maximum Gasteiger partial charge on any atom is 0.251 e. The number of hydrogen-bond acceptors (Lipinski definition) is 12. The molecule has 0 aliphatic carbocycles. The van der Waals surface area contributed by atoms with Crippen LogP contribution >= 0.6 is 23.5 Å². The summed E-state index contributed by atoms with van der Waals surface area (Å²) in [6.45, 7) is 5.50. The topological polar surface area (TPSA) is 264 Å². The summed E-state index contributed by atoms with van der Waals surface area (Å²) in [5, 5.41) is 36.8. The van der Waals surface area contributed by atoms with Gasteiger partial charge >= 0.3 is 0 Å². The molecule has 18 nitrogen and oxygen atoms in total. The van der Waals surface area contributed by atoms with Crippen LogP contribution in [-0.2, 0) is 30.5 Å². The van der Waals surface area contributed by atoms with Gasteiger partial charge in [-0.15, -0.1) is 0 Å². The first kappa shape index (κ1) is 59.0. The number of nitrogens with two attached hydrogens (primary N) is 1. The molecule has 6 amide bonds. The van der Waals surface area contributed by atoms with Gasteiger partial charge in [-0.1, -0.05) is 68.1 Å². The van der Waals surface area contributed by atoms with Gasteiger partial charge in [-0.05, 0) is 106 Å². The highest BCUT2D eigenvalue weighted by atomic mass is 32.2. The van der Waals surface area contributed by atoms with Gasteiger partial charge in [-0.3, -0.25) is 44.8 Å². The summed E-state index contributed by atoms with van der Waals surface area (Å²) < 4.78 is 0. The van der Waals surface area contributed by atoms with Gasteiger partial charge in [0.25, 0.3) is 5.91 Å².